The van der Waals surface area contributed by atoms with Crippen LogP contribution in [0.2, 0.25) is 0 Å². The van der Waals surface area contributed by atoms with Crippen molar-refractivity contribution in [1.82, 2.24) is 4.98 Å². The van der Waals surface area contributed by atoms with Crippen LogP contribution in [0, 0.1) is 6.92 Å². The van der Waals surface area contributed by atoms with Crippen LogP contribution in [0.3, 0.4) is 0 Å². The fourth-order valence-electron chi connectivity index (χ4n) is 2.22. The molecular weight excluding hydrogens is 378 g/mol. The maximum Gasteiger partial charge on any atom is 0.387 e. The van der Waals surface area contributed by atoms with Crippen LogP contribution in [0.5, 0.6) is 5.75 Å². The van der Waals surface area contributed by atoms with Gasteiger partial charge in [0.2, 0.25) is 0 Å². The first-order valence-electron chi connectivity index (χ1n) is 8.43. The third-order valence-electron chi connectivity index (χ3n) is 3.55. The average Bonchev–Trinajstić information content (AvgIpc) is 2.99. The van der Waals surface area contributed by atoms with Crippen molar-refractivity contribution in [3.8, 4) is 17.0 Å². The van der Waals surface area contributed by atoms with E-state index in [-0.39, 0.29) is 11.7 Å². The van der Waals surface area contributed by atoms with Gasteiger partial charge in [0.05, 0.1) is 18.9 Å². The molecule has 0 unspecified atom stereocenters. The van der Waals surface area contributed by atoms with E-state index in [2.05, 4.69) is 15.0 Å². The van der Waals surface area contributed by atoms with Gasteiger partial charge in [0, 0.05) is 17.0 Å². The number of rotatable bonds is 10. The number of alkyl halides is 2. The number of benzene rings is 1. The van der Waals surface area contributed by atoms with Crippen LogP contribution >= 0.6 is 11.3 Å². The molecule has 0 spiro atoms. The summed E-state index contributed by atoms with van der Waals surface area (Å²) in [6.07, 6.45) is -0.635. The summed E-state index contributed by atoms with van der Waals surface area (Å²) in [5.74, 6) is -0.222. The summed E-state index contributed by atoms with van der Waals surface area (Å²) in [7, 11) is 0. The second kappa shape index (κ2) is 10.3. The molecule has 0 saturated carbocycles. The van der Waals surface area contributed by atoms with Crippen molar-refractivity contribution in [3.05, 3.63) is 29.1 Å². The lowest BCUT2D eigenvalue weighted by Crippen LogP contribution is -2.28. The Hall–Kier alpha value is -2.10. The Morgan fingerprint density at radius 1 is 1.26 bits per heavy atom. The Kier molecular flexibility index (Phi) is 8.08. The van der Waals surface area contributed by atoms with Gasteiger partial charge in [-0.3, -0.25) is 10.1 Å². The molecule has 1 amide bonds. The van der Waals surface area contributed by atoms with Gasteiger partial charge >= 0.3 is 6.61 Å². The number of aryl methyl sites for hydroxylation is 1. The lowest BCUT2D eigenvalue weighted by atomic mass is 10.1. The van der Waals surface area contributed by atoms with Crippen molar-refractivity contribution in [3.63, 3.8) is 0 Å². The standard InChI is InChI=1S/C18H22F2N2O4S/c1-4-24-9-10-25-11(2)16(23)22-18-21-15(12(3)27-18)13-5-7-14(8-6-13)26-17(19)20/h5-8,11,17H,4,9-10H2,1-3H3,(H,21,22,23)/t11-/m0/s1. The topological polar surface area (TPSA) is 69.7 Å². The number of anilines is 1. The van der Waals surface area contributed by atoms with Crippen LogP contribution in [0.25, 0.3) is 11.3 Å². The highest BCUT2D eigenvalue weighted by molar-refractivity contribution is 7.16. The Bertz CT molecular complexity index is 737. The van der Waals surface area contributed by atoms with Gasteiger partial charge in [0.1, 0.15) is 11.9 Å². The molecular formula is C18H22F2N2O4S. The Morgan fingerprint density at radius 2 is 1.96 bits per heavy atom. The summed E-state index contributed by atoms with van der Waals surface area (Å²) in [6, 6.07) is 6.19. The van der Waals surface area contributed by atoms with E-state index in [1.807, 2.05) is 13.8 Å². The van der Waals surface area contributed by atoms with E-state index in [4.69, 9.17) is 9.47 Å². The van der Waals surface area contributed by atoms with Gasteiger partial charge in [-0.15, -0.1) is 11.3 Å². The molecule has 0 saturated heterocycles. The minimum absolute atomic E-state index is 0.0770. The monoisotopic (exact) mass is 400 g/mol. The molecule has 0 radical (unpaired) electrons. The van der Waals surface area contributed by atoms with E-state index in [0.29, 0.717) is 30.6 Å². The number of ether oxygens (including phenoxy) is 3. The second-order valence-corrected chi connectivity index (χ2v) is 6.73. The van der Waals surface area contributed by atoms with E-state index < -0.39 is 12.7 Å². The number of amides is 1. The molecule has 0 aliphatic carbocycles. The largest absolute Gasteiger partial charge is 0.435 e. The molecule has 1 aromatic heterocycles. The van der Waals surface area contributed by atoms with Crippen LogP contribution in [0.4, 0.5) is 13.9 Å². The van der Waals surface area contributed by atoms with Crippen molar-refractivity contribution in [2.24, 2.45) is 0 Å². The maximum atomic E-state index is 12.2. The van der Waals surface area contributed by atoms with E-state index in [0.717, 1.165) is 10.4 Å². The molecule has 0 aliphatic heterocycles. The zero-order valence-corrected chi connectivity index (χ0v) is 16.1. The number of carbonyl (C=O) groups is 1. The molecule has 9 heteroatoms. The Morgan fingerprint density at radius 3 is 2.59 bits per heavy atom. The number of nitrogens with zero attached hydrogens (tertiary/aromatic N) is 1. The molecule has 27 heavy (non-hydrogen) atoms. The van der Waals surface area contributed by atoms with Crippen LogP contribution in [0.1, 0.15) is 18.7 Å². The van der Waals surface area contributed by atoms with Gasteiger partial charge in [0.25, 0.3) is 5.91 Å². The molecule has 2 rings (SSSR count). The molecule has 1 aromatic carbocycles. The number of aromatic nitrogens is 1. The molecule has 0 aliphatic rings. The Balaban J connectivity index is 1.98. The SMILES string of the molecule is CCOCCO[C@@H](C)C(=O)Nc1nc(-c2ccc(OC(F)F)cc2)c(C)s1. The minimum atomic E-state index is -2.86. The van der Waals surface area contributed by atoms with Gasteiger partial charge in [-0.1, -0.05) is 0 Å². The lowest BCUT2D eigenvalue weighted by molar-refractivity contribution is -0.127. The third kappa shape index (κ3) is 6.53. The van der Waals surface area contributed by atoms with Crippen LogP contribution in [-0.4, -0.2) is 43.4 Å². The van der Waals surface area contributed by atoms with Crippen LogP contribution in [0.15, 0.2) is 24.3 Å². The first-order valence-corrected chi connectivity index (χ1v) is 9.25. The van der Waals surface area contributed by atoms with E-state index in [1.54, 1.807) is 19.1 Å². The van der Waals surface area contributed by atoms with E-state index in [9.17, 15) is 13.6 Å². The molecule has 1 N–H and O–H groups in total. The quantitative estimate of drug-likeness (QED) is 0.608. The zero-order valence-electron chi connectivity index (χ0n) is 15.3. The highest BCUT2D eigenvalue weighted by Gasteiger charge is 2.17. The van der Waals surface area contributed by atoms with Crippen molar-refractivity contribution in [1.29, 1.82) is 0 Å². The zero-order chi connectivity index (χ0) is 19.8. The minimum Gasteiger partial charge on any atom is -0.435 e. The van der Waals surface area contributed by atoms with Crippen LogP contribution < -0.4 is 10.1 Å². The molecule has 148 valence electrons. The highest BCUT2D eigenvalue weighted by atomic mass is 32.1. The third-order valence-corrected chi connectivity index (χ3v) is 4.43. The fourth-order valence-corrected chi connectivity index (χ4v) is 3.06. The predicted octanol–water partition coefficient (Wildman–Crippen LogP) is 4.10. The smallest absolute Gasteiger partial charge is 0.387 e. The number of hydrogen-bond donors (Lipinski definition) is 1. The second-order valence-electron chi connectivity index (χ2n) is 5.53. The summed E-state index contributed by atoms with van der Waals surface area (Å²) < 4.78 is 39.4. The van der Waals surface area contributed by atoms with Crippen molar-refractivity contribution >= 4 is 22.4 Å². The van der Waals surface area contributed by atoms with Gasteiger partial charge in [-0.2, -0.15) is 8.78 Å². The number of nitrogens with one attached hydrogen (secondary N) is 1. The van der Waals surface area contributed by atoms with Gasteiger partial charge < -0.3 is 14.2 Å². The summed E-state index contributed by atoms with van der Waals surface area (Å²) >= 11 is 1.33. The van der Waals surface area contributed by atoms with Gasteiger partial charge in [-0.25, -0.2) is 4.98 Å². The highest BCUT2D eigenvalue weighted by Crippen LogP contribution is 2.31. The van der Waals surface area contributed by atoms with Crippen molar-refractivity contribution < 1.29 is 27.8 Å². The first kappa shape index (κ1) is 21.2. The molecule has 0 fully saturated rings. The lowest BCUT2D eigenvalue weighted by Gasteiger charge is -2.11. The summed E-state index contributed by atoms with van der Waals surface area (Å²) in [4.78, 5) is 17.5. The summed E-state index contributed by atoms with van der Waals surface area (Å²) in [5, 5.41) is 3.17. The molecule has 1 heterocycles. The maximum absolute atomic E-state index is 12.2. The van der Waals surface area contributed by atoms with Gasteiger partial charge in [-0.05, 0) is 45.0 Å². The predicted molar refractivity (Wildman–Crippen MR) is 99.5 cm³/mol. The summed E-state index contributed by atoms with van der Waals surface area (Å²) in [5.41, 5.74) is 1.41. The number of thiazole rings is 1. The number of hydrogen-bond acceptors (Lipinski definition) is 6. The fraction of sp³-hybridized carbons (Fsp3) is 0.444. The van der Waals surface area contributed by atoms with Crippen LogP contribution in [-0.2, 0) is 14.3 Å². The molecule has 6 nitrogen and oxygen atoms in total. The number of carbonyl (C=O) groups excluding carboxylic acids is 1. The number of halogens is 2. The summed E-state index contributed by atoms with van der Waals surface area (Å²) in [6.45, 7) is 3.91. The molecule has 2 aromatic rings. The normalized spacial score (nSPS) is 12.2. The van der Waals surface area contributed by atoms with E-state index in [1.165, 1.54) is 23.5 Å². The Labute approximate surface area is 160 Å². The van der Waals surface area contributed by atoms with Crippen molar-refractivity contribution in [2.45, 2.75) is 33.5 Å². The molecule has 0 bridgehead atoms. The average molecular weight is 400 g/mol. The van der Waals surface area contributed by atoms with Gasteiger partial charge in [0.15, 0.2) is 5.13 Å². The van der Waals surface area contributed by atoms with Crippen molar-refractivity contribution in [2.75, 3.05) is 25.1 Å². The molecule has 1 atom stereocenters. The van der Waals surface area contributed by atoms with E-state index >= 15 is 0 Å². The first-order chi connectivity index (χ1) is 12.9.